The lowest BCUT2D eigenvalue weighted by atomic mass is 10.2. The van der Waals surface area contributed by atoms with E-state index in [2.05, 4.69) is 10.3 Å². The average molecular weight is 383 g/mol. The number of hydrogen-bond acceptors (Lipinski definition) is 5. The summed E-state index contributed by atoms with van der Waals surface area (Å²) in [5, 5.41) is 6.31. The zero-order valence-corrected chi connectivity index (χ0v) is 16.4. The van der Waals surface area contributed by atoms with Crippen LogP contribution in [0.4, 0.5) is 16.3 Å². The molecule has 1 aliphatic rings. The first-order valence-electron chi connectivity index (χ1n) is 9.30. The van der Waals surface area contributed by atoms with Gasteiger partial charge < -0.3 is 10.1 Å². The third kappa shape index (κ3) is 3.85. The molecular formula is C20H25N5O3. The maximum absolute atomic E-state index is 13.0. The van der Waals surface area contributed by atoms with Gasteiger partial charge in [-0.15, -0.1) is 0 Å². The van der Waals surface area contributed by atoms with Gasteiger partial charge in [-0.1, -0.05) is 12.1 Å². The fraction of sp³-hybridized carbons (Fsp3) is 0.350. The zero-order chi connectivity index (χ0) is 20.1. The maximum Gasteiger partial charge on any atom is 0.343 e. The molecule has 148 valence electrons. The van der Waals surface area contributed by atoms with Gasteiger partial charge in [0, 0.05) is 25.8 Å². The lowest BCUT2D eigenvalue weighted by Gasteiger charge is -2.43. The van der Waals surface area contributed by atoms with E-state index in [1.165, 1.54) is 4.90 Å². The summed E-state index contributed by atoms with van der Waals surface area (Å²) in [5.74, 6) is 1.20. The van der Waals surface area contributed by atoms with E-state index in [4.69, 9.17) is 4.74 Å². The molecular weight excluding hydrogens is 358 g/mol. The molecule has 8 nitrogen and oxygen atoms in total. The first-order valence-corrected chi connectivity index (χ1v) is 9.30. The van der Waals surface area contributed by atoms with Crippen molar-refractivity contribution in [3.63, 3.8) is 0 Å². The monoisotopic (exact) mass is 383 g/mol. The van der Waals surface area contributed by atoms with Crippen LogP contribution in [0, 0.1) is 0 Å². The van der Waals surface area contributed by atoms with Crippen molar-refractivity contribution in [2.24, 2.45) is 0 Å². The molecule has 0 radical (unpaired) electrons. The molecule has 0 unspecified atom stereocenters. The van der Waals surface area contributed by atoms with Crippen LogP contribution in [0.2, 0.25) is 0 Å². The Labute approximate surface area is 164 Å². The van der Waals surface area contributed by atoms with E-state index in [9.17, 15) is 9.59 Å². The highest BCUT2D eigenvalue weighted by Crippen LogP contribution is 2.33. The molecule has 0 spiro atoms. The number of nitrogens with one attached hydrogen (secondary N) is 1. The van der Waals surface area contributed by atoms with Gasteiger partial charge in [-0.25, -0.2) is 14.8 Å². The summed E-state index contributed by atoms with van der Waals surface area (Å²) in [4.78, 5) is 31.4. The van der Waals surface area contributed by atoms with Gasteiger partial charge in [-0.2, -0.15) is 0 Å². The molecule has 3 amide bonds. The van der Waals surface area contributed by atoms with Gasteiger partial charge in [0.2, 0.25) is 5.91 Å². The molecule has 2 aromatic rings. The number of urea groups is 1. The smallest absolute Gasteiger partial charge is 0.343 e. The molecule has 1 aromatic heterocycles. The number of ether oxygens (including phenoxy) is 1. The predicted octanol–water partition coefficient (Wildman–Crippen LogP) is 2.41. The Hall–Kier alpha value is -3.29. The van der Waals surface area contributed by atoms with Gasteiger partial charge in [-0.05, 0) is 43.7 Å². The Morgan fingerprint density at radius 2 is 1.82 bits per heavy atom. The molecule has 8 heteroatoms. The van der Waals surface area contributed by atoms with E-state index < -0.39 is 0 Å². The van der Waals surface area contributed by atoms with E-state index in [0.717, 1.165) is 11.3 Å². The van der Waals surface area contributed by atoms with E-state index in [0.29, 0.717) is 31.1 Å². The fourth-order valence-electron chi connectivity index (χ4n) is 3.18. The van der Waals surface area contributed by atoms with E-state index in [-0.39, 0.29) is 18.5 Å². The van der Waals surface area contributed by atoms with Crippen LogP contribution in [-0.2, 0) is 11.3 Å². The second-order valence-electron chi connectivity index (χ2n) is 6.27. The predicted molar refractivity (Wildman–Crippen MR) is 107 cm³/mol. The molecule has 1 aliphatic heterocycles. The summed E-state index contributed by atoms with van der Waals surface area (Å²) in [7, 11) is 1.61. The van der Waals surface area contributed by atoms with E-state index in [1.54, 1.807) is 24.4 Å². The third-order valence-corrected chi connectivity index (χ3v) is 4.59. The molecule has 2 heterocycles. The lowest BCUT2D eigenvalue weighted by Crippen LogP contribution is -2.58. The van der Waals surface area contributed by atoms with Crippen molar-refractivity contribution in [3.8, 4) is 5.75 Å². The summed E-state index contributed by atoms with van der Waals surface area (Å²) >= 11 is 0. The molecule has 1 N–H and O–H groups in total. The molecule has 3 rings (SSSR count). The molecule has 0 saturated heterocycles. The van der Waals surface area contributed by atoms with Crippen LogP contribution in [0.3, 0.4) is 0 Å². The highest BCUT2D eigenvalue weighted by atomic mass is 16.5. The minimum atomic E-state index is -0.236. The Kier molecular flexibility index (Phi) is 5.98. The number of amides is 3. The number of pyridine rings is 1. The fourth-order valence-corrected chi connectivity index (χ4v) is 3.18. The number of anilines is 2. The van der Waals surface area contributed by atoms with Crippen LogP contribution in [0.5, 0.6) is 5.75 Å². The van der Waals surface area contributed by atoms with Gasteiger partial charge in [-0.3, -0.25) is 14.7 Å². The number of fused-ring (bicyclic) bond motifs is 1. The SMILES string of the molecule is CCN1C(=O)N(CC(=O)NCc2ccc(OC)cc2)c2cccnc2N1CC. The maximum atomic E-state index is 13.0. The van der Waals surface area contributed by atoms with Crippen molar-refractivity contribution in [1.82, 2.24) is 15.3 Å². The Morgan fingerprint density at radius 3 is 2.46 bits per heavy atom. The van der Waals surface area contributed by atoms with E-state index in [1.807, 2.05) is 49.2 Å². The average Bonchev–Trinajstić information content (AvgIpc) is 2.74. The summed E-state index contributed by atoms with van der Waals surface area (Å²) in [6.45, 7) is 5.28. The van der Waals surface area contributed by atoms with E-state index >= 15 is 0 Å². The molecule has 1 aromatic carbocycles. The number of nitrogens with zero attached hydrogens (tertiary/aromatic N) is 4. The molecule has 28 heavy (non-hydrogen) atoms. The normalized spacial score (nSPS) is 13.4. The first kappa shape index (κ1) is 19.5. The van der Waals surface area contributed by atoms with Gasteiger partial charge >= 0.3 is 6.03 Å². The number of rotatable bonds is 7. The van der Waals surface area contributed by atoms with Crippen LogP contribution < -0.4 is 20.0 Å². The zero-order valence-electron chi connectivity index (χ0n) is 16.4. The summed E-state index contributed by atoms with van der Waals surface area (Å²) in [6, 6.07) is 10.8. The number of aromatic nitrogens is 1. The number of carbonyl (C=O) groups excluding carboxylic acids is 2. The topological polar surface area (TPSA) is 78.0 Å². The number of hydrazine groups is 1. The molecule has 0 atom stereocenters. The van der Waals surface area contributed by atoms with Crippen molar-refractivity contribution in [2.75, 3.05) is 36.7 Å². The van der Waals surface area contributed by atoms with Crippen LogP contribution in [-0.4, -0.2) is 48.7 Å². The van der Waals surface area contributed by atoms with Gasteiger partial charge in [0.05, 0.1) is 12.8 Å². The Bertz CT molecular complexity index is 840. The largest absolute Gasteiger partial charge is 0.497 e. The minimum Gasteiger partial charge on any atom is -0.497 e. The second kappa shape index (κ2) is 8.60. The molecule has 0 bridgehead atoms. The number of methoxy groups -OCH3 is 1. The van der Waals surface area contributed by atoms with Gasteiger partial charge in [0.25, 0.3) is 0 Å². The third-order valence-electron chi connectivity index (χ3n) is 4.59. The molecule has 0 saturated carbocycles. The highest BCUT2D eigenvalue weighted by molar-refractivity contribution is 6.03. The van der Waals surface area contributed by atoms with Crippen molar-refractivity contribution in [3.05, 3.63) is 48.2 Å². The van der Waals surface area contributed by atoms with Crippen molar-refractivity contribution in [1.29, 1.82) is 0 Å². The minimum absolute atomic E-state index is 0.0677. The quantitative estimate of drug-likeness (QED) is 0.794. The van der Waals surface area contributed by atoms with Gasteiger partial charge in [0.15, 0.2) is 5.82 Å². The second-order valence-corrected chi connectivity index (χ2v) is 6.27. The van der Waals surface area contributed by atoms with Crippen LogP contribution in [0.15, 0.2) is 42.6 Å². The summed E-state index contributed by atoms with van der Waals surface area (Å²) in [6.07, 6.45) is 1.69. The molecule has 0 fully saturated rings. The van der Waals surface area contributed by atoms with Gasteiger partial charge in [0.1, 0.15) is 12.3 Å². The molecule has 0 aliphatic carbocycles. The lowest BCUT2D eigenvalue weighted by molar-refractivity contribution is -0.119. The number of benzene rings is 1. The van der Waals surface area contributed by atoms with Crippen LogP contribution in [0.25, 0.3) is 0 Å². The standard InChI is InChI=1S/C20H25N5O3/c1-4-24-19-17(7-6-12-21-19)23(20(27)25(24)5-2)14-18(26)22-13-15-8-10-16(28-3)11-9-15/h6-12H,4-5,13-14H2,1-3H3,(H,22,26). The Balaban J connectivity index is 1.72. The number of carbonyl (C=O) groups is 2. The van der Waals surface area contributed by atoms with Crippen molar-refractivity contribution < 1.29 is 14.3 Å². The summed E-state index contributed by atoms with van der Waals surface area (Å²) in [5.41, 5.74) is 1.59. The van der Waals surface area contributed by atoms with Crippen LogP contribution in [0.1, 0.15) is 19.4 Å². The van der Waals surface area contributed by atoms with Crippen molar-refractivity contribution >= 4 is 23.4 Å². The highest BCUT2D eigenvalue weighted by Gasteiger charge is 2.36. The van der Waals surface area contributed by atoms with Crippen LogP contribution >= 0.6 is 0 Å². The number of hydrogen-bond donors (Lipinski definition) is 1. The van der Waals surface area contributed by atoms with Crippen molar-refractivity contribution in [2.45, 2.75) is 20.4 Å². The Morgan fingerprint density at radius 1 is 1.11 bits per heavy atom. The first-order chi connectivity index (χ1) is 13.6. The summed E-state index contributed by atoms with van der Waals surface area (Å²) < 4.78 is 5.13.